The van der Waals surface area contributed by atoms with Crippen LogP contribution in [0.1, 0.15) is 10.7 Å². The summed E-state index contributed by atoms with van der Waals surface area (Å²) in [6, 6.07) is 1.46. The Balaban J connectivity index is 1.80. The zero-order valence-electron chi connectivity index (χ0n) is 11.1. The molecule has 3 aromatic heterocycles. The summed E-state index contributed by atoms with van der Waals surface area (Å²) >= 11 is 2.83. The average Bonchev–Trinajstić information content (AvgIpc) is 3.03. The van der Waals surface area contributed by atoms with Crippen molar-refractivity contribution in [2.75, 3.05) is 6.54 Å². The number of aryl methyl sites for hydroxylation is 1. The summed E-state index contributed by atoms with van der Waals surface area (Å²) in [7, 11) is 0. The van der Waals surface area contributed by atoms with Gasteiger partial charge in [0.05, 0.1) is 12.3 Å². The third kappa shape index (κ3) is 2.94. The lowest BCUT2D eigenvalue weighted by molar-refractivity contribution is 0.557. The van der Waals surface area contributed by atoms with E-state index in [9.17, 15) is 4.79 Å². The van der Waals surface area contributed by atoms with Crippen LogP contribution in [0.3, 0.4) is 0 Å². The van der Waals surface area contributed by atoms with Crippen LogP contribution in [0.2, 0.25) is 0 Å². The summed E-state index contributed by atoms with van der Waals surface area (Å²) in [6.45, 7) is 2.82. The lowest BCUT2D eigenvalue weighted by Gasteiger charge is -1.99. The summed E-state index contributed by atoms with van der Waals surface area (Å²) in [5, 5.41) is 17.1. The molecule has 0 saturated carbocycles. The smallest absolute Gasteiger partial charge is 0.275 e. The summed E-state index contributed by atoms with van der Waals surface area (Å²) < 4.78 is 2.96. The summed E-state index contributed by atoms with van der Waals surface area (Å²) in [4.78, 5) is 16.7. The molecule has 110 valence electrons. The van der Waals surface area contributed by atoms with E-state index in [2.05, 4.69) is 25.6 Å². The fourth-order valence-electron chi connectivity index (χ4n) is 1.71. The molecule has 2 N–H and O–H groups in total. The molecule has 3 rings (SSSR count). The quantitative estimate of drug-likeness (QED) is 0.636. The second-order valence-electron chi connectivity index (χ2n) is 4.19. The fourth-order valence-corrected chi connectivity index (χ4v) is 3.54. The van der Waals surface area contributed by atoms with E-state index in [-0.39, 0.29) is 5.56 Å². The molecule has 0 radical (unpaired) electrons. The second kappa shape index (κ2) is 5.87. The van der Waals surface area contributed by atoms with Crippen molar-refractivity contribution in [2.24, 2.45) is 5.73 Å². The number of thioether (sulfide) groups is 1. The van der Waals surface area contributed by atoms with Crippen molar-refractivity contribution in [3.63, 3.8) is 0 Å². The molecule has 0 atom stereocenters. The van der Waals surface area contributed by atoms with Gasteiger partial charge in [0.25, 0.3) is 5.56 Å². The third-order valence-corrected chi connectivity index (χ3v) is 4.64. The maximum Gasteiger partial charge on any atom is 0.275 e. The van der Waals surface area contributed by atoms with Crippen LogP contribution in [0.25, 0.3) is 4.96 Å². The van der Waals surface area contributed by atoms with E-state index in [1.54, 1.807) is 11.6 Å². The zero-order valence-corrected chi connectivity index (χ0v) is 12.8. The predicted octanol–water partition coefficient (Wildman–Crippen LogP) is -0.303. The van der Waals surface area contributed by atoms with E-state index < -0.39 is 0 Å². The van der Waals surface area contributed by atoms with Crippen molar-refractivity contribution in [3.8, 4) is 0 Å². The molecule has 0 aliphatic heterocycles. The Morgan fingerprint density at radius 2 is 2.33 bits per heavy atom. The number of aromatic nitrogens is 7. The summed E-state index contributed by atoms with van der Waals surface area (Å²) in [6.07, 6.45) is 0. The number of tetrazole rings is 1. The van der Waals surface area contributed by atoms with Crippen molar-refractivity contribution in [1.82, 2.24) is 34.8 Å². The largest absolute Gasteiger partial charge is 0.329 e. The van der Waals surface area contributed by atoms with E-state index >= 15 is 0 Å². The van der Waals surface area contributed by atoms with Crippen LogP contribution in [-0.4, -0.2) is 41.4 Å². The number of nitrogens with zero attached hydrogens (tertiary/aromatic N) is 7. The molecule has 0 fully saturated rings. The maximum atomic E-state index is 11.8. The fraction of sp³-hybridized carbons (Fsp3) is 0.400. The first-order valence-electron chi connectivity index (χ1n) is 6.13. The van der Waals surface area contributed by atoms with E-state index in [0.29, 0.717) is 34.7 Å². The van der Waals surface area contributed by atoms with E-state index in [1.807, 2.05) is 0 Å². The minimum atomic E-state index is -0.169. The van der Waals surface area contributed by atoms with E-state index in [1.165, 1.54) is 33.7 Å². The molecule has 0 aliphatic rings. The minimum absolute atomic E-state index is 0.169. The highest BCUT2D eigenvalue weighted by Crippen LogP contribution is 2.22. The van der Waals surface area contributed by atoms with Crippen molar-refractivity contribution in [2.45, 2.75) is 24.4 Å². The van der Waals surface area contributed by atoms with Crippen LogP contribution in [0, 0.1) is 6.92 Å². The monoisotopic (exact) mass is 324 g/mol. The number of rotatable bonds is 5. The first kappa shape index (κ1) is 14.1. The minimum Gasteiger partial charge on any atom is -0.329 e. The molecule has 0 spiro atoms. The second-order valence-corrected chi connectivity index (χ2v) is 6.17. The van der Waals surface area contributed by atoms with Crippen LogP contribution in [0.4, 0.5) is 0 Å². The Morgan fingerprint density at radius 3 is 3.14 bits per heavy atom. The van der Waals surface area contributed by atoms with Gasteiger partial charge in [-0.25, -0.2) is 9.67 Å². The number of hydrogen-bond acceptors (Lipinski definition) is 9. The van der Waals surface area contributed by atoms with Gasteiger partial charge < -0.3 is 5.73 Å². The molecular formula is C10H12N8OS2. The van der Waals surface area contributed by atoms with Gasteiger partial charge in [-0.15, -0.1) is 5.10 Å². The highest BCUT2D eigenvalue weighted by atomic mass is 32.2. The Bertz CT molecular complexity index is 822. The number of fused-ring (bicyclic) bond motifs is 1. The van der Waals surface area contributed by atoms with Gasteiger partial charge in [-0.1, -0.05) is 23.1 Å². The highest BCUT2D eigenvalue weighted by Gasteiger charge is 2.11. The third-order valence-electron chi connectivity index (χ3n) is 2.58. The SMILES string of the molecule is Cc1cc(=O)n2nc(CSc3nnnn3CCN)sc2n1. The van der Waals surface area contributed by atoms with Crippen LogP contribution in [0.5, 0.6) is 0 Å². The molecule has 0 amide bonds. The Morgan fingerprint density at radius 1 is 1.48 bits per heavy atom. The van der Waals surface area contributed by atoms with Crippen molar-refractivity contribution in [3.05, 3.63) is 27.1 Å². The molecule has 11 heteroatoms. The van der Waals surface area contributed by atoms with E-state index in [0.717, 1.165) is 5.01 Å². The molecular weight excluding hydrogens is 312 g/mol. The molecule has 21 heavy (non-hydrogen) atoms. The molecule has 0 unspecified atom stereocenters. The maximum absolute atomic E-state index is 11.8. The zero-order chi connectivity index (χ0) is 14.8. The first-order chi connectivity index (χ1) is 10.2. The molecule has 0 saturated heterocycles. The van der Waals surface area contributed by atoms with Gasteiger partial charge in [-0.05, 0) is 17.4 Å². The lowest BCUT2D eigenvalue weighted by atomic mass is 10.5. The molecule has 3 aromatic rings. The standard InChI is InChI=1S/C10H12N8OS2/c1-6-4-8(19)18-9(12-6)21-7(14-18)5-20-10-13-15-16-17(10)3-2-11/h4H,2-3,5,11H2,1H3. The number of hydrogen-bond donors (Lipinski definition) is 1. The van der Waals surface area contributed by atoms with Crippen LogP contribution >= 0.6 is 23.1 Å². The molecule has 0 aliphatic carbocycles. The lowest BCUT2D eigenvalue weighted by Crippen LogP contribution is -2.14. The van der Waals surface area contributed by atoms with E-state index in [4.69, 9.17) is 5.73 Å². The topological polar surface area (TPSA) is 117 Å². The molecule has 0 bridgehead atoms. The molecule has 0 aromatic carbocycles. The van der Waals surface area contributed by atoms with Crippen LogP contribution in [-0.2, 0) is 12.3 Å². The van der Waals surface area contributed by atoms with Gasteiger partial charge in [-0.2, -0.15) is 9.61 Å². The Kier molecular flexibility index (Phi) is 3.94. The van der Waals surface area contributed by atoms with Gasteiger partial charge >= 0.3 is 0 Å². The number of nitrogens with two attached hydrogens (primary N) is 1. The van der Waals surface area contributed by atoms with Crippen LogP contribution in [0.15, 0.2) is 16.0 Å². The normalized spacial score (nSPS) is 11.3. The van der Waals surface area contributed by atoms with Gasteiger partial charge in [0, 0.05) is 18.3 Å². The first-order valence-corrected chi connectivity index (χ1v) is 7.93. The Labute approximate surface area is 127 Å². The van der Waals surface area contributed by atoms with Crippen LogP contribution < -0.4 is 11.3 Å². The Hall–Kier alpha value is -1.85. The van der Waals surface area contributed by atoms with Gasteiger partial charge in [-0.3, -0.25) is 4.79 Å². The van der Waals surface area contributed by atoms with Gasteiger partial charge in [0.1, 0.15) is 5.01 Å². The van der Waals surface area contributed by atoms with Gasteiger partial charge in [0.2, 0.25) is 10.1 Å². The predicted molar refractivity (Wildman–Crippen MR) is 78.3 cm³/mol. The summed E-state index contributed by atoms with van der Waals surface area (Å²) in [5.74, 6) is 0.567. The summed E-state index contributed by atoms with van der Waals surface area (Å²) in [5.41, 5.74) is 6.02. The van der Waals surface area contributed by atoms with Crippen molar-refractivity contribution >= 4 is 28.1 Å². The molecule has 9 nitrogen and oxygen atoms in total. The highest BCUT2D eigenvalue weighted by molar-refractivity contribution is 7.98. The molecule has 3 heterocycles. The van der Waals surface area contributed by atoms with Crippen molar-refractivity contribution in [1.29, 1.82) is 0 Å². The van der Waals surface area contributed by atoms with Crippen molar-refractivity contribution < 1.29 is 0 Å². The van der Waals surface area contributed by atoms with Gasteiger partial charge in [0.15, 0.2) is 0 Å². The average molecular weight is 324 g/mol.